The van der Waals surface area contributed by atoms with Crippen LogP contribution in [0.25, 0.3) is 6.08 Å². The highest BCUT2D eigenvalue weighted by Gasteiger charge is 2.18. The van der Waals surface area contributed by atoms with Crippen LogP contribution in [0.3, 0.4) is 0 Å². The maximum absolute atomic E-state index is 13.3. The molecule has 4 aromatic carbocycles. The molecule has 3 N–H and O–H groups in total. The molecule has 4 rings (SSSR count). The van der Waals surface area contributed by atoms with Gasteiger partial charge in [-0.2, -0.15) is 0 Å². The summed E-state index contributed by atoms with van der Waals surface area (Å²) in [5, 5.41) is 9.05. The van der Waals surface area contributed by atoms with Crippen molar-refractivity contribution in [2.24, 2.45) is 0 Å². The van der Waals surface area contributed by atoms with Crippen molar-refractivity contribution in [1.82, 2.24) is 5.32 Å². The molecule has 0 radical (unpaired) electrons. The molecule has 1 atom stereocenters. The van der Waals surface area contributed by atoms with Crippen molar-refractivity contribution in [2.45, 2.75) is 17.1 Å². The first kappa shape index (κ1) is 32.0. The Bertz CT molecular complexity index is 1660. The molecule has 0 heterocycles. The standard InChI is InChI=1S/C32H26Cl3N3O4S/c1-19(30(39)37-24-12-15-29(42-2)27(35)18-24)43-25-13-10-23(11-14-25)36-32(41)28(16-21-8-9-22(33)17-26(21)34)38-31(40)20-6-4-3-5-7-20/h3-19H,1-2H3,(H,36,41)(H,37,39)(H,38,40)/b28-16-. The number of benzene rings is 4. The summed E-state index contributed by atoms with van der Waals surface area (Å²) >= 11 is 19.8. The number of hydrogen-bond acceptors (Lipinski definition) is 5. The molecule has 0 fully saturated rings. The van der Waals surface area contributed by atoms with E-state index in [2.05, 4.69) is 16.0 Å². The van der Waals surface area contributed by atoms with Crippen LogP contribution in [0.4, 0.5) is 11.4 Å². The van der Waals surface area contributed by atoms with Gasteiger partial charge in [-0.15, -0.1) is 11.8 Å². The van der Waals surface area contributed by atoms with Gasteiger partial charge in [-0.25, -0.2) is 0 Å². The van der Waals surface area contributed by atoms with Crippen molar-refractivity contribution in [3.05, 3.63) is 123 Å². The van der Waals surface area contributed by atoms with E-state index < -0.39 is 17.1 Å². The average molecular weight is 655 g/mol. The molecular formula is C32H26Cl3N3O4S. The first-order chi connectivity index (χ1) is 20.6. The minimum Gasteiger partial charge on any atom is -0.495 e. The average Bonchev–Trinajstić information content (AvgIpc) is 2.99. The van der Waals surface area contributed by atoms with Gasteiger partial charge < -0.3 is 20.7 Å². The van der Waals surface area contributed by atoms with Gasteiger partial charge in [0.15, 0.2) is 0 Å². The summed E-state index contributed by atoms with van der Waals surface area (Å²) in [6.45, 7) is 1.79. The Balaban J connectivity index is 1.44. The van der Waals surface area contributed by atoms with Gasteiger partial charge in [-0.05, 0) is 85.3 Å². The third-order valence-corrected chi connectivity index (χ3v) is 7.97. The maximum Gasteiger partial charge on any atom is 0.272 e. The summed E-state index contributed by atoms with van der Waals surface area (Å²) in [4.78, 5) is 39.7. The molecule has 1 unspecified atom stereocenters. The number of ether oxygens (including phenoxy) is 1. The molecule has 7 nitrogen and oxygen atoms in total. The van der Waals surface area contributed by atoms with E-state index in [1.807, 2.05) is 0 Å². The van der Waals surface area contributed by atoms with Crippen LogP contribution in [0.5, 0.6) is 5.75 Å². The molecule has 0 bridgehead atoms. The molecule has 0 aliphatic heterocycles. The zero-order valence-corrected chi connectivity index (χ0v) is 26.1. The minimum absolute atomic E-state index is 0.0135. The highest BCUT2D eigenvalue weighted by Crippen LogP contribution is 2.29. The number of nitrogens with one attached hydrogen (secondary N) is 3. The lowest BCUT2D eigenvalue weighted by Crippen LogP contribution is -2.30. The van der Waals surface area contributed by atoms with Crippen LogP contribution in [-0.4, -0.2) is 30.1 Å². The number of rotatable bonds is 10. The Morgan fingerprint density at radius 3 is 2.16 bits per heavy atom. The Morgan fingerprint density at radius 2 is 1.51 bits per heavy atom. The lowest BCUT2D eigenvalue weighted by Gasteiger charge is -2.14. The van der Waals surface area contributed by atoms with Gasteiger partial charge in [-0.1, -0.05) is 59.1 Å². The molecule has 3 amide bonds. The smallest absolute Gasteiger partial charge is 0.272 e. The summed E-state index contributed by atoms with van der Waals surface area (Å²) in [6, 6.07) is 25.4. The zero-order chi connectivity index (χ0) is 30.9. The molecule has 0 aliphatic rings. The second-order valence-electron chi connectivity index (χ2n) is 9.12. The molecule has 0 spiro atoms. The lowest BCUT2D eigenvalue weighted by molar-refractivity contribution is -0.115. The Labute approximate surface area is 268 Å². The van der Waals surface area contributed by atoms with Gasteiger partial charge in [0.2, 0.25) is 5.91 Å². The van der Waals surface area contributed by atoms with E-state index in [0.717, 1.165) is 4.90 Å². The summed E-state index contributed by atoms with van der Waals surface area (Å²) in [7, 11) is 1.52. The van der Waals surface area contributed by atoms with E-state index >= 15 is 0 Å². The van der Waals surface area contributed by atoms with Crippen molar-refractivity contribution in [3.63, 3.8) is 0 Å². The van der Waals surface area contributed by atoms with Gasteiger partial charge in [0.05, 0.1) is 17.4 Å². The second-order valence-corrected chi connectivity index (χ2v) is 11.8. The van der Waals surface area contributed by atoms with Crippen LogP contribution >= 0.6 is 46.6 Å². The Hall–Kier alpha value is -3.95. The first-order valence-corrected chi connectivity index (χ1v) is 14.9. The van der Waals surface area contributed by atoms with Crippen LogP contribution in [0.2, 0.25) is 15.1 Å². The largest absolute Gasteiger partial charge is 0.495 e. The highest BCUT2D eigenvalue weighted by molar-refractivity contribution is 8.00. The van der Waals surface area contributed by atoms with Crippen molar-refractivity contribution in [3.8, 4) is 5.75 Å². The topological polar surface area (TPSA) is 96.5 Å². The van der Waals surface area contributed by atoms with E-state index in [-0.39, 0.29) is 11.6 Å². The molecule has 0 saturated heterocycles. The predicted molar refractivity (Wildman–Crippen MR) is 175 cm³/mol. The van der Waals surface area contributed by atoms with E-state index in [9.17, 15) is 14.4 Å². The summed E-state index contributed by atoms with van der Waals surface area (Å²) in [5.74, 6) is -0.692. The maximum atomic E-state index is 13.3. The Morgan fingerprint density at radius 1 is 0.814 bits per heavy atom. The van der Waals surface area contributed by atoms with Crippen molar-refractivity contribution in [1.29, 1.82) is 0 Å². The van der Waals surface area contributed by atoms with Crippen molar-refractivity contribution < 1.29 is 19.1 Å². The van der Waals surface area contributed by atoms with Crippen LogP contribution in [0.1, 0.15) is 22.8 Å². The van der Waals surface area contributed by atoms with Gasteiger partial charge in [-0.3, -0.25) is 14.4 Å². The van der Waals surface area contributed by atoms with E-state index in [4.69, 9.17) is 39.5 Å². The van der Waals surface area contributed by atoms with Gasteiger partial charge in [0, 0.05) is 31.9 Å². The zero-order valence-electron chi connectivity index (χ0n) is 23.0. The number of halogens is 3. The molecule has 43 heavy (non-hydrogen) atoms. The normalized spacial score (nSPS) is 11.8. The molecule has 11 heteroatoms. The van der Waals surface area contributed by atoms with Gasteiger partial charge in [0.1, 0.15) is 11.4 Å². The fraction of sp³-hybridized carbons (Fsp3) is 0.0938. The molecule has 0 aromatic heterocycles. The third kappa shape index (κ3) is 9.02. The number of carbonyl (C=O) groups excluding carboxylic acids is 3. The number of hydrogen-bond donors (Lipinski definition) is 3. The summed E-state index contributed by atoms with van der Waals surface area (Å²) in [5.41, 5.74) is 1.92. The SMILES string of the molecule is COc1ccc(NC(=O)C(C)Sc2ccc(NC(=O)/C(=C/c3ccc(Cl)cc3Cl)NC(=O)c3ccccc3)cc2)cc1Cl. The summed E-state index contributed by atoms with van der Waals surface area (Å²) in [6.07, 6.45) is 1.48. The second kappa shape index (κ2) is 15.0. The van der Waals surface area contributed by atoms with Crippen LogP contribution in [-0.2, 0) is 9.59 Å². The van der Waals surface area contributed by atoms with Gasteiger partial charge in [0.25, 0.3) is 11.8 Å². The molecule has 4 aromatic rings. The van der Waals surface area contributed by atoms with Crippen LogP contribution in [0, 0.1) is 0 Å². The number of amides is 3. The quantitative estimate of drug-likeness (QED) is 0.118. The fourth-order valence-corrected chi connectivity index (χ4v) is 5.37. The number of methoxy groups -OCH3 is 1. The third-order valence-electron chi connectivity index (χ3n) is 6.00. The highest BCUT2D eigenvalue weighted by atomic mass is 35.5. The number of thioether (sulfide) groups is 1. The van der Waals surface area contributed by atoms with E-state index in [1.165, 1.54) is 24.9 Å². The molecule has 0 saturated carbocycles. The van der Waals surface area contributed by atoms with E-state index in [0.29, 0.717) is 43.3 Å². The number of anilines is 2. The van der Waals surface area contributed by atoms with E-state index in [1.54, 1.807) is 97.9 Å². The predicted octanol–water partition coefficient (Wildman–Crippen LogP) is 8.18. The monoisotopic (exact) mass is 653 g/mol. The lowest BCUT2D eigenvalue weighted by atomic mass is 10.1. The fourth-order valence-electron chi connectivity index (χ4n) is 3.78. The van der Waals surface area contributed by atoms with Gasteiger partial charge >= 0.3 is 0 Å². The first-order valence-electron chi connectivity index (χ1n) is 12.9. The molecular weight excluding hydrogens is 629 g/mol. The minimum atomic E-state index is -0.554. The van der Waals surface area contributed by atoms with Crippen molar-refractivity contribution in [2.75, 3.05) is 17.7 Å². The van der Waals surface area contributed by atoms with Crippen LogP contribution < -0.4 is 20.7 Å². The van der Waals surface area contributed by atoms with Crippen LogP contribution in [0.15, 0.2) is 102 Å². The summed E-state index contributed by atoms with van der Waals surface area (Å²) < 4.78 is 5.14. The molecule has 220 valence electrons. The van der Waals surface area contributed by atoms with Crippen molar-refractivity contribution >= 4 is 81.7 Å². The number of carbonyl (C=O) groups is 3. The Kier molecular flexibility index (Phi) is 11.1. The molecule has 0 aliphatic carbocycles.